The number of aromatic hydroxyl groups is 1. The molecule has 0 saturated carbocycles. The number of para-hydroxylation sites is 2. The Hall–Kier alpha value is -4.76. The largest absolute Gasteiger partial charge is 0.543 e. The molecule has 1 N–H and O–H groups in total. The van der Waals surface area contributed by atoms with Gasteiger partial charge in [0.05, 0.1) is 11.1 Å². The normalized spacial score (nSPS) is 11.0. The number of ether oxygens (including phenoxy) is 4. The second-order valence-corrected chi connectivity index (χ2v) is 16.3. The molecule has 0 aliphatic carbocycles. The fraction of sp³-hybridized carbons (Fsp3) is 0.278. The van der Waals surface area contributed by atoms with Gasteiger partial charge in [-0.25, -0.2) is 9.59 Å². The molecule has 238 valence electrons. The third-order valence-corrected chi connectivity index (χ3v) is 11.3. The van der Waals surface area contributed by atoms with Gasteiger partial charge in [-0.3, -0.25) is 0 Å². The lowest BCUT2D eigenvalue weighted by atomic mass is 10.2. The Morgan fingerprint density at radius 1 is 0.600 bits per heavy atom. The van der Waals surface area contributed by atoms with Crippen LogP contribution in [0.5, 0.6) is 23.0 Å². The smallest absolute Gasteiger partial charge is 0.338 e. The van der Waals surface area contributed by atoms with Gasteiger partial charge in [-0.15, -0.1) is 0 Å². The lowest BCUT2D eigenvalue weighted by Crippen LogP contribution is -2.43. The van der Waals surface area contributed by atoms with Gasteiger partial charge >= 0.3 is 11.9 Å². The van der Waals surface area contributed by atoms with E-state index in [1.165, 1.54) is 12.1 Å². The second kappa shape index (κ2) is 16.9. The molecule has 4 rings (SSSR count). The van der Waals surface area contributed by atoms with Crippen molar-refractivity contribution in [2.75, 3.05) is 26.4 Å². The minimum atomic E-state index is -1.94. The average molecular weight is 631 g/mol. The van der Waals surface area contributed by atoms with Gasteiger partial charge in [0, 0.05) is 0 Å². The predicted molar refractivity (Wildman–Crippen MR) is 177 cm³/mol. The molecule has 0 saturated heterocycles. The number of hydrogen-bond donors (Lipinski definition) is 1. The first-order valence-corrected chi connectivity index (χ1v) is 17.6. The lowest BCUT2D eigenvalue weighted by molar-refractivity contribution is 0.0442. The predicted octanol–water partition coefficient (Wildman–Crippen LogP) is 7.93. The van der Waals surface area contributed by atoms with Gasteiger partial charge in [0.25, 0.3) is 0 Å². The van der Waals surface area contributed by atoms with E-state index in [4.69, 9.17) is 23.4 Å². The molecular weight excluding hydrogens is 588 g/mol. The number of carbonyl (C=O) groups excluding carboxylic acids is 2. The maximum absolute atomic E-state index is 12.2. The first-order chi connectivity index (χ1) is 21.4. The van der Waals surface area contributed by atoms with Crippen molar-refractivity contribution in [1.29, 1.82) is 0 Å². The molecule has 0 aromatic heterocycles. The number of hydrogen-bond acceptors (Lipinski definition) is 8. The van der Waals surface area contributed by atoms with Crippen LogP contribution in [0.15, 0.2) is 109 Å². The Balaban J connectivity index is 0.000000257. The zero-order chi connectivity index (χ0) is 32.7. The molecule has 0 heterocycles. The maximum Gasteiger partial charge on any atom is 0.338 e. The molecule has 45 heavy (non-hydrogen) atoms. The highest BCUT2D eigenvalue weighted by Crippen LogP contribution is 2.37. The molecule has 9 heteroatoms. The quantitative estimate of drug-likeness (QED) is 0.0957. The first-order valence-electron chi connectivity index (χ1n) is 14.7. The number of esters is 2. The van der Waals surface area contributed by atoms with E-state index in [0.717, 1.165) is 11.5 Å². The Labute approximate surface area is 266 Å². The summed E-state index contributed by atoms with van der Waals surface area (Å²) in [7, 11) is -1.94. The highest BCUT2D eigenvalue weighted by Gasteiger charge is 2.39. The minimum absolute atomic E-state index is 0.0370. The van der Waals surface area contributed by atoms with Crippen LogP contribution in [0.25, 0.3) is 0 Å². The third kappa shape index (κ3) is 12.0. The summed E-state index contributed by atoms with van der Waals surface area (Å²) in [6, 6.07) is 32.0. The van der Waals surface area contributed by atoms with Gasteiger partial charge < -0.3 is 28.5 Å². The molecular formula is C36H42O8Si. The van der Waals surface area contributed by atoms with Gasteiger partial charge in [0.15, 0.2) is 0 Å². The van der Waals surface area contributed by atoms with E-state index in [-0.39, 0.29) is 36.6 Å². The molecule has 0 atom stereocenters. The molecule has 8 nitrogen and oxygen atoms in total. The Morgan fingerprint density at radius 2 is 1.04 bits per heavy atom. The summed E-state index contributed by atoms with van der Waals surface area (Å²) in [4.78, 5) is 23.9. The van der Waals surface area contributed by atoms with Crippen molar-refractivity contribution in [3.8, 4) is 23.0 Å². The van der Waals surface area contributed by atoms with Crippen LogP contribution in [0, 0.1) is 0 Å². The van der Waals surface area contributed by atoms with Crippen LogP contribution in [0.2, 0.25) is 18.1 Å². The van der Waals surface area contributed by atoms with E-state index >= 15 is 0 Å². The monoisotopic (exact) mass is 630 g/mol. The summed E-state index contributed by atoms with van der Waals surface area (Å²) in [5.41, 5.74) is 0.806. The maximum atomic E-state index is 12.2. The van der Waals surface area contributed by atoms with Crippen LogP contribution >= 0.6 is 0 Å². The number of carbonyl (C=O) groups is 2. The van der Waals surface area contributed by atoms with Crippen molar-refractivity contribution in [3.63, 3.8) is 0 Å². The van der Waals surface area contributed by atoms with Gasteiger partial charge in [0.2, 0.25) is 8.32 Å². The van der Waals surface area contributed by atoms with Crippen molar-refractivity contribution in [2.45, 2.75) is 38.9 Å². The van der Waals surface area contributed by atoms with Crippen molar-refractivity contribution in [1.82, 2.24) is 0 Å². The van der Waals surface area contributed by atoms with E-state index in [9.17, 15) is 14.7 Å². The summed E-state index contributed by atoms with van der Waals surface area (Å²) in [6.45, 7) is 11.9. The second-order valence-electron chi connectivity index (χ2n) is 11.5. The van der Waals surface area contributed by atoms with E-state index in [1.807, 2.05) is 72.8 Å². The summed E-state index contributed by atoms with van der Waals surface area (Å²) in [5.74, 6) is 1.39. The summed E-state index contributed by atoms with van der Waals surface area (Å²) >= 11 is 0. The molecule has 0 aliphatic rings. The fourth-order valence-electron chi connectivity index (χ4n) is 3.56. The van der Waals surface area contributed by atoms with Crippen molar-refractivity contribution < 1.29 is 38.1 Å². The Morgan fingerprint density at radius 3 is 1.51 bits per heavy atom. The van der Waals surface area contributed by atoms with Crippen molar-refractivity contribution >= 4 is 20.3 Å². The summed E-state index contributed by atoms with van der Waals surface area (Å²) in [6.07, 6.45) is 0. The Kier molecular flexibility index (Phi) is 13.1. The van der Waals surface area contributed by atoms with E-state index in [2.05, 4.69) is 33.9 Å². The Bertz CT molecular complexity index is 1480. The zero-order valence-electron chi connectivity index (χ0n) is 26.5. The number of phenolic OH excluding ortho intramolecular Hbond substituents is 1. The highest BCUT2D eigenvalue weighted by atomic mass is 28.4. The van der Waals surface area contributed by atoms with Crippen LogP contribution in [0.3, 0.4) is 0 Å². The first kappa shape index (κ1) is 34.7. The summed E-state index contributed by atoms with van der Waals surface area (Å²) < 4.78 is 27.5. The molecule has 4 aromatic rings. The van der Waals surface area contributed by atoms with Crippen LogP contribution in [0.1, 0.15) is 41.5 Å². The fourth-order valence-corrected chi connectivity index (χ4v) is 4.58. The molecule has 0 unspecified atom stereocenters. The van der Waals surface area contributed by atoms with Crippen LogP contribution in [-0.2, 0) is 9.47 Å². The molecule has 0 fully saturated rings. The number of rotatable bonds is 12. The van der Waals surface area contributed by atoms with E-state index in [1.54, 1.807) is 24.3 Å². The van der Waals surface area contributed by atoms with Gasteiger partial charge in [-0.05, 0) is 78.8 Å². The molecule has 0 bridgehead atoms. The topological polar surface area (TPSA) is 101 Å². The number of phenols is 1. The van der Waals surface area contributed by atoms with Crippen LogP contribution < -0.4 is 13.9 Å². The molecule has 0 radical (unpaired) electrons. The van der Waals surface area contributed by atoms with E-state index < -0.39 is 14.3 Å². The minimum Gasteiger partial charge on any atom is -0.543 e. The summed E-state index contributed by atoms with van der Waals surface area (Å²) in [5, 5.41) is 9.35. The van der Waals surface area contributed by atoms with Gasteiger partial charge in [-0.1, -0.05) is 69.3 Å². The van der Waals surface area contributed by atoms with Crippen molar-refractivity contribution in [2.24, 2.45) is 0 Å². The molecule has 0 amide bonds. The molecule has 0 spiro atoms. The van der Waals surface area contributed by atoms with Gasteiger partial charge in [0.1, 0.15) is 49.4 Å². The highest BCUT2D eigenvalue weighted by molar-refractivity contribution is 6.74. The van der Waals surface area contributed by atoms with Gasteiger partial charge in [-0.2, -0.15) is 0 Å². The van der Waals surface area contributed by atoms with E-state index in [0.29, 0.717) is 23.5 Å². The lowest BCUT2D eigenvalue weighted by Gasteiger charge is -2.36. The van der Waals surface area contributed by atoms with Crippen LogP contribution in [0.4, 0.5) is 0 Å². The third-order valence-electron chi connectivity index (χ3n) is 6.99. The SMILES string of the molecule is CC(C)(C)[Si](C)(C)Oc1cccc(C(=O)OCCOc2ccccc2)c1.O=C(OCCOc1ccccc1)c1cccc(O)c1. The average Bonchev–Trinajstić information content (AvgIpc) is 3.02. The van der Waals surface area contributed by atoms with Crippen molar-refractivity contribution in [3.05, 3.63) is 120 Å². The number of benzene rings is 4. The van der Waals surface area contributed by atoms with Crippen LogP contribution in [-0.4, -0.2) is 51.8 Å². The molecule has 4 aromatic carbocycles. The zero-order valence-corrected chi connectivity index (χ0v) is 27.5. The molecule has 0 aliphatic heterocycles. The standard InChI is InChI=1S/C21H28O4Si.C15H14O4/c1-21(2,3)26(4,5)25-19-13-9-10-17(16-19)20(22)24-15-14-23-18-11-7-6-8-12-18;16-13-6-4-5-12(11-13)15(17)19-10-9-18-14-7-2-1-3-8-14/h6-13,16H,14-15H2,1-5H3;1-8,11,16H,9-10H2.